The Kier molecular flexibility index (Phi) is 5.99. The second-order valence-electron chi connectivity index (χ2n) is 6.22. The van der Waals surface area contributed by atoms with Crippen molar-refractivity contribution in [1.82, 2.24) is 10.6 Å². The molecular formula is C19H21ClN2O2. The molecule has 24 heavy (non-hydrogen) atoms. The van der Waals surface area contributed by atoms with Gasteiger partial charge in [-0.2, -0.15) is 0 Å². The lowest BCUT2D eigenvalue weighted by atomic mass is 9.84. The van der Waals surface area contributed by atoms with Crippen molar-refractivity contribution in [3.8, 4) is 0 Å². The maximum absolute atomic E-state index is 12.0. The fraction of sp³-hybridized carbons (Fsp3) is 0.263. The topological polar surface area (TPSA) is 58.2 Å². The smallest absolute Gasteiger partial charge is 0.251 e. The molecule has 126 valence electrons. The first-order valence-electron chi connectivity index (χ1n) is 7.74. The van der Waals surface area contributed by atoms with Gasteiger partial charge in [-0.05, 0) is 29.8 Å². The van der Waals surface area contributed by atoms with Crippen LogP contribution in [0.3, 0.4) is 0 Å². The first kappa shape index (κ1) is 18.0. The molecule has 2 N–H and O–H groups in total. The fourth-order valence-corrected chi connectivity index (χ4v) is 2.36. The van der Waals surface area contributed by atoms with Crippen molar-refractivity contribution in [2.45, 2.75) is 19.3 Å². The van der Waals surface area contributed by atoms with Crippen LogP contribution in [0.4, 0.5) is 0 Å². The SMILES string of the molecule is CC(C)(CNC(=O)CNC(=O)c1ccccc1)c1ccc(Cl)cc1. The van der Waals surface area contributed by atoms with E-state index in [0.29, 0.717) is 17.1 Å². The average molecular weight is 345 g/mol. The van der Waals surface area contributed by atoms with E-state index in [1.807, 2.05) is 44.2 Å². The molecule has 0 aromatic heterocycles. The molecule has 4 nitrogen and oxygen atoms in total. The van der Waals surface area contributed by atoms with E-state index < -0.39 is 0 Å². The number of carbonyl (C=O) groups excluding carboxylic acids is 2. The fourth-order valence-electron chi connectivity index (χ4n) is 2.24. The number of hydrogen-bond donors (Lipinski definition) is 2. The first-order valence-corrected chi connectivity index (χ1v) is 8.12. The van der Waals surface area contributed by atoms with Crippen molar-refractivity contribution in [3.63, 3.8) is 0 Å². The molecule has 0 spiro atoms. The predicted molar refractivity (Wildman–Crippen MR) is 96.3 cm³/mol. The van der Waals surface area contributed by atoms with Crippen molar-refractivity contribution in [2.24, 2.45) is 0 Å². The van der Waals surface area contributed by atoms with Gasteiger partial charge in [-0.1, -0.05) is 55.8 Å². The summed E-state index contributed by atoms with van der Waals surface area (Å²) in [5.74, 6) is -0.482. The van der Waals surface area contributed by atoms with E-state index in [2.05, 4.69) is 10.6 Å². The van der Waals surface area contributed by atoms with Crippen LogP contribution in [0.15, 0.2) is 54.6 Å². The van der Waals surface area contributed by atoms with Crippen molar-refractivity contribution in [3.05, 3.63) is 70.7 Å². The maximum Gasteiger partial charge on any atom is 0.251 e. The number of carbonyl (C=O) groups is 2. The summed E-state index contributed by atoms with van der Waals surface area (Å²) in [5, 5.41) is 6.15. The zero-order valence-electron chi connectivity index (χ0n) is 13.8. The normalized spacial score (nSPS) is 11.0. The zero-order valence-corrected chi connectivity index (χ0v) is 14.6. The Morgan fingerprint density at radius 3 is 2.21 bits per heavy atom. The summed E-state index contributed by atoms with van der Waals surface area (Å²) in [6.45, 7) is 4.50. The summed E-state index contributed by atoms with van der Waals surface area (Å²) in [6.07, 6.45) is 0. The summed E-state index contributed by atoms with van der Waals surface area (Å²) in [4.78, 5) is 23.9. The highest BCUT2D eigenvalue weighted by Crippen LogP contribution is 2.23. The average Bonchev–Trinajstić information content (AvgIpc) is 2.59. The van der Waals surface area contributed by atoms with Gasteiger partial charge >= 0.3 is 0 Å². The lowest BCUT2D eigenvalue weighted by Gasteiger charge is -2.25. The number of halogens is 1. The highest BCUT2D eigenvalue weighted by atomic mass is 35.5. The Morgan fingerprint density at radius 1 is 0.958 bits per heavy atom. The molecule has 0 atom stereocenters. The van der Waals surface area contributed by atoms with Gasteiger partial charge in [-0.25, -0.2) is 0 Å². The second-order valence-corrected chi connectivity index (χ2v) is 6.65. The Morgan fingerprint density at radius 2 is 1.58 bits per heavy atom. The number of benzene rings is 2. The minimum absolute atomic E-state index is 0.0512. The van der Waals surface area contributed by atoms with Crippen molar-refractivity contribution in [1.29, 1.82) is 0 Å². The van der Waals surface area contributed by atoms with Gasteiger partial charge in [0.05, 0.1) is 6.54 Å². The van der Waals surface area contributed by atoms with E-state index in [1.54, 1.807) is 24.3 Å². The Bertz CT molecular complexity index is 697. The molecule has 0 aliphatic carbocycles. The lowest BCUT2D eigenvalue weighted by Crippen LogP contribution is -2.42. The molecule has 0 saturated carbocycles. The molecule has 0 radical (unpaired) electrons. The largest absolute Gasteiger partial charge is 0.354 e. The maximum atomic E-state index is 12.0. The third-order valence-corrected chi connectivity index (χ3v) is 4.05. The van der Waals surface area contributed by atoms with Gasteiger partial charge in [0.25, 0.3) is 5.91 Å². The van der Waals surface area contributed by atoms with E-state index in [4.69, 9.17) is 11.6 Å². The van der Waals surface area contributed by atoms with Crippen LogP contribution in [0, 0.1) is 0 Å². The minimum atomic E-state index is -0.261. The zero-order chi connectivity index (χ0) is 17.6. The molecule has 0 fully saturated rings. The Hall–Kier alpha value is -2.33. The molecule has 0 aliphatic rings. The van der Waals surface area contributed by atoms with Crippen molar-refractivity contribution >= 4 is 23.4 Å². The summed E-state index contributed by atoms with van der Waals surface area (Å²) in [6, 6.07) is 16.4. The number of hydrogen-bond acceptors (Lipinski definition) is 2. The van der Waals surface area contributed by atoms with Gasteiger partial charge in [0.2, 0.25) is 5.91 Å². The molecule has 2 amide bonds. The number of nitrogens with one attached hydrogen (secondary N) is 2. The highest BCUT2D eigenvalue weighted by Gasteiger charge is 2.21. The lowest BCUT2D eigenvalue weighted by molar-refractivity contribution is -0.120. The van der Waals surface area contributed by atoms with E-state index in [1.165, 1.54) is 0 Å². The van der Waals surface area contributed by atoms with Gasteiger partial charge < -0.3 is 10.6 Å². The molecule has 0 unspecified atom stereocenters. The highest BCUT2D eigenvalue weighted by molar-refractivity contribution is 6.30. The molecule has 2 aromatic carbocycles. The van der Waals surface area contributed by atoms with Crippen LogP contribution >= 0.6 is 11.6 Å². The van der Waals surface area contributed by atoms with Crippen LogP contribution in [0.25, 0.3) is 0 Å². The standard InChI is InChI=1S/C19H21ClN2O2/c1-19(2,15-8-10-16(20)11-9-15)13-22-17(23)12-21-18(24)14-6-4-3-5-7-14/h3-11H,12-13H2,1-2H3,(H,21,24)(H,22,23). The Labute approximate surface area is 147 Å². The van der Waals surface area contributed by atoms with Crippen LogP contribution in [0.5, 0.6) is 0 Å². The third kappa shape index (κ3) is 5.10. The first-order chi connectivity index (χ1) is 11.4. The van der Waals surface area contributed by atoms with Gasteiger partial charge in [0.1, 0.15) is 0 Å². The quantitative estimate of drug-likeness (QED) is 0.845. The van der Waals surface area contributed by atoms with Gasteiger partial charge in [0, 0.05) is 22.5 Å². The monoisotopic (exact) mass is 344 g/mol. The number of rotatable bonds is 6. The van der Waals surface area contributed by atoms with Crippen LogP contribution in [0.2, 0.25) is 5.02 Å². The van der Waals surface area contributed by atoms with E-state index in [9.17, 15) is 9.59 Å². The van der Waals surface area contributed by atoms with Gasteiger partial charge in [0.15, 0.2) is 0 Å². The number of amides is 2. The summed E-state index contributed by atoms with van der Waals surface area (Å²) in [7, 11) is 0. The predicted octanol–water partition coefficient (Wildman–Crippen LogP) is 3.16. The Balaban J connectivity index is 1.82. The molecular weight excluding hydrogens is 324 g/mol. The van der Waals surface area contributed by atoms with Gasteiger partial charge in [-0.15, -0.1) is 0 Å². The van der Waals surface area contributed by atoms with Crippen LogP contribution < -0.4 is 10.6 Å². The van der Waals surface area contributed by atoms with Crippen molar-refractivity contribution < 1.29 is 9.59 Å². The molecule has 0 heterocycles. The van der Waals surface area contributed by atoms with Crippen LogP contribution in [-0.4, -0.2) is 24.9 Å². The molecule has 5 heteroatoms. The molecule has 0 aliphatic heterocycles. The molecule has 2 aromatic rings. The van der Waals surface area contributed by atoms with E-state index >= 15 is 0 Å². The van der Waals surface area contributed by atoms with Crippen LogP contribution in [0.1, 0.15) is 29.8 Å². The summed E-state index contributed by atoms with van der Waals surface area (Å²) in [5.41, 5.74) is 1.39. The summed E-state index contributed by atoms with van der Waals surface area (Å²) < 4.78 is 0. The van der Waals surface area contributed by atoms with Gasteiger partial charge in [-0.3, -0.25) is 9.59 Å². The van der Waals surface area contributed by atoms with Crippen LogP contribution in [-0.2, 0) is 10.2 Å². The minimum Gasteiger partial charge on any atom is -0.354 e. The van der Waals surface area contributed by atoms with E-state index in [0.717, 1.165) is 5.56 Å². The second kappa shape index (κ2) is 7.97. The third-order valence-electron chi connectivity index (χ3n) is 3.80. The van der Waals surface area contributed by atoms with E-state index in [-0.39, 0.29) is 23.8 Å². The molecule has 0 saturated heterocycles. The molecule has 2 rings (SSSR count). The van der Waals surface area contributed by atoms with Crippen molar-refractivity contribution in [2.75, 3.05) is 13.1 Å². The molecule has 0 bridgehead atoms. The summed E-state index contributed by atoms with van der Waals surface area (Å²) >= 11 is 5.90.